The molecule has 0 radical (unpaired) electrons. The number of nitrogens with zero attached hydrogens (tertiary/aromatic N) is 2. The van der Waals surface area contributed by atoms with Gasteiger partial charge in [0.15, 0.2) is 0 Å². The molecule has 1 aliphatic rings. The van der Waals surface area contributed by atoms with Crippen molar-refractivity contribution < 1.29 is 14.5 Å². The van der Waals surface area contributed by atoms with Crippen molar-refractivity contribution in [2.75, 3.05) is 19.7 Å². The molecule has 20 heavy (non-hydrogen) atoms. The average Bonchev–Trinajstić information content (AvgIpc) is 2.88. The van der Waals surface area contributed by atoms with Crippen LogP contribution in [0.1, 0.15) is 12.8 Å². The first kappa shape index (κ1) is 14.3. The van der Waals surface area contributed by atoms with E-state index >= 15 is 0 Å². The van der Waals surface area contributed by atoms with Gasteiger partial charge in [-0.1, -0.05) is 0 Å². The van der Waals surface area contributed by atoms with Gasteiger partial charge in [0.1, 0.15) is 12.4 Å². The standard InChI is InChI=1S/C13H17N3O4/c14-13(17)12-2-1-7-15(12)8-9-20-11-5-3-10(4-6-11)16(18)19/h3-6,12H,1-2,7-9H2,(H2,14,17)/t12-/m0/s1. The number of nitrogens with two attached hydrogens (primary N) is 1. The summed E-state index contributed by atoms with van der Waals surface area (Å²) in [7, 11) is 0. The summed E-state index contributed by atoms with van der Waals surface area (Å²) in [4.78, 5) is 23.3. The Labute approximate surface area is 116 Å². The van der Waals surface area contributed by atoms with Crippen molar-refractivity contribution in [3.05, 3.63) is 34.4 Å². The second-order valence-electron chi connectivity index (χ2n) is 4.70. The monoisotopic (exact) mass is 279 g/mol. The number of likely N-dealkylation sites (tertiary alicyclic amines) is 1. The smallest absolute Gasteiger partial charge is 0.269 e. The Hall–Kier alpha value is -2.15. The molecular weight excluding hydrogens is 262 g/mol. The van der Waals surface area contributed by atoms with Gasteiger partial charge in [0.25, 0.3) is 5.69 Å². The second-order valence-corrected chi connectivity index (χ2v) is 4.70. The number of primary amides is 1. The van der Waals surface area contributed by atoms with Crippen molar-refractivity contribution in [1.82, 2.24) is 4.90 Å². The maximum atomic E-state index is 11.2. The first-order chi connectivity index (χ1) is 9.58. The number of carbonyl (C=O) groups is 1. The summed E-state index contributed by atoms with van der Waals surface area (Å²) in [5.74, 6) is 0.281. The molecular formula is C13H17N3O4. The van der Waals surface area contributed by atoms with E-state index in [0.717, 1.165) is 19.4 Å². The van der Waals surface area contributed by atoms with E-state index in [9.17, 15) is 14.9 Å². The molecule has 1 fully saturated rings. The summed E-state index contributed by atoms with van der Waals surface area (Å²) >= 11 is 0. The average molecular weight is 279 g/mol. The van der Waals surface area contributed by atoms with Gasteiger partial charge in [0.05, 0.1) is 11.0 Å². The molecule has 0 aliphatic carbocycles. The molecule has 1 atom stereocenters. The van der Waals surface area contributed by atoms with E-state index in [1.165, 1.54) is 12.1 Å². The van der Waals surface area contributed by atoms with E-state index in [-0.39, 0.29) is 17.6 Å². The lowest BCUT2D eigenvalue weighted by Crippen LogP contribution is -2.42. The molecule has 7 heteroatoms. The summed E-state index contributed by atoms with van der Waals surface area (Å²) in [6.45, 7) is 1.88. The zero-order valence-corrected chi connectivity index (χ0v) is 11.0. The predicted octanol–water partition coefficient (Wildman–Crippen LogP) is 0.923. The quantitative estimate of drug-likeness (QED) is 0.616. The van der Waals surface area contributed by atoms with Gasteiger partial charge < -0.3 is 10.5 Å². The minimum Gasteiger partial charge on any atom is -0.492 e. The largest absolute Gasteiger partial charge is 0.492 e. The number of amides is 1. The van der Waals surface area contributed by atoms with Gasteiger partial charge in [-0.25, -0.2) is 0 Å². The second kappa shape index (κ2) is 6.33. The number of non-ortho nitro benzene ring substituents is 1. The molecule has 7 nitrogen and oxygen atoms in total. The van der Waals surface area contributed by atoms with Crippen LogP contribution >= 0.6 is 0 Å². The SMILES string of the molecule is NC(=O)[C@@H]1CCCN1CCOc1ccc([N+](=O)[O-])cc1. The number of nitro groups is 1. The van der Waals surface area contributed by atoms with Crippen LogP contribution in [0.4, 0.5) is 5.69 Å². The van der Waals surface area contributed by atoms with Crippen LogP contribution in [0.2, 0.25) is 0 Å². The van der Waals surface area contributed by atoms with Gasteiger partial charge >= 0.3 is 0 Å². The summed E-state index contributed by atoms with van der Waals surface area (Å²) in [5, 5.41) is 10.5. The lowest BCUT2D eigenvalue weighted by Gasteiger charge is -2.21. The first-order valence-corrected chi connectivity index (χ1v) is 6.48. The third-order valence-corrected chi connectivity index (χ3v) is 3.39. The minimum absolute atomic E-state index is 0.0330. The molecule has 1 aromatic rings. The lowest BCUT2D eigenvalue weighted by molar-refractivity contribution is -0.384. The van der Waals surface area contributed by atoms with Crippen molar-refractivity contribution >= 4 is 11.6 Å². The van der Waals surface area contributed by atoms with Crippen LogP contribution in [0.5, 0.6) is 5.75 Å². The molecule has 108 valence electrons. The Morgan fingerprint density at radius 1 is 1.45 bits per heavy atom. The molecule has 2 N–H and O–H groups in total. The Balaban J connectivity index is 1.81. The number of benzene rings is 1. The Morgan fingerprint density at radius 2 is 2.15 bits per heavy atom. The van der Waals surface area contributed by atoms with Crippen LogP contribution in [0.3, 0.4) is 0 Å². The van der Waals surface area contributed by atoms with Crippen molar-refractivity contribution in [3.8, 4) is 5.75 Å². The van der Waals surface area contributed by atoms with Gasteiger partial charge in [0.2, 0.25) is 5.91 Å². The van der Waals surface area contributed by atoms with Crippen LogP contribution in [-0.2, 0) is 4.79 Å². The van der Waals surface area contributed by atoms with Crippen molar-refractivity contribution in [2.24, 2.45) is 5.73 Å². The normalized spacial score (nSPS) is 18.9. The third-order valence-electron chi connectivity index (χ3n) is 3.39. The van der Waals surface area contributed by atoms with Gasteiger partial charge in [-0.05, 0) is 31.5 Å². The maximum absolute atomic E-state index is 11.2. The number of hydrogen-bond donors (Lipinski definition) is 1. The number of hydrogen-bond acceptors (Lipinski definition) is 5. The van der Waals surface area contributed by atoms with E-state index in [0.29, 0.717) is 18.9 Å². The minimum atomic E-state index is -0.453. The summed E-state index contributed by atoms with van der Waals surface area (Å²) < 4.78 is 5.51. The fourth-order valence-corrected chi connectivity index (χ4v) is 2.36. The number of nitro benzene ring substituents is 1. The molecule has 2 rings (SSSR count). The Bertz CT molecular complexity index is 489. The molecule has 0 unspecified atom stereocenters. The van der Waals surface area contributed by atoms with Crippen LogP contribution in [0, 0.1) is 10.1 Å². The third kappa shape index (κ3) is 3.45. The highest BCUT2D eigenvalue weighted by molar-refractivity contribution is 5.80. The zero-order valence-electron chi connectivity index (χ0n) is 11.0. The fraction of sp³-hybridized carbons (Fsp3) is 0.462. The number of carbonyl (C=O) groups excluding carboxylic acids is 1. The fourth-order valence-electron chi connectivity index (χ4n) is 2.36. The van der Waals surface area contributed by atoms with Gasteiger partial charge in [0, 0.05) is 18.7 Å². The van der Waals surface area contributed by atoms with Gasteiger partial charge in [-0.15, -0.1) is 0 Å². The number of ether oxygens (including phenoxy) is 1. The highest BCUT2D eigenvalue weighted by atomic mass is 16.6. The van der Waals surface area contributed by atoms with E-state index in [1.807, 2.05) is 4.90 Å². The van der Waals surface area contributed by atoms with Crippen LogP contribution in [-0.4, -0.2) is 41.5 Å². The van der Waals surface area contributed by atoms with Crippen molar-refractivity contribution in [1.29, 1.82) is 0 Å². The Morgan fingerprint density at radius 3 is 2.75 bits per heavy atom. The van der Waals surface area contributed by atoms with Crippen LogP contribution < -0.4 is 10.5 Å². The van der Waals surface area contributed by atoms with E-state index in [4.69, 9.17) is 10.5 Å². The molecule has 1 heterocycles. The lowest BCUT2D eigenvalue weighted by atomic mass is 10.2. The Kier molecular flexibility index (Phi) is 4.52. The summed E-state index contributed by atoms with van der Waals surface area (Å²) in [6, 6.07) is 5.73. The topological polar surface area (TPSA) is 98.7 Å². The molecule has 1 aliphatic heterocycles. The van der Waals surface area contributed by atoms with E-state index in [2.05, 4.69) is 0 Å². The summed E-state index contributed by atoms with van der Waals surface area (Å²) in [6.07, 6.45) is 1.76. The molecule has 0 aromatic heterocycles. The van der Waals surface area contributed by atoms with Gasteiger partial charge in [-0.3, -0.25) is 19.8 Å². The van der Waals surface area contributed by atoms with Gasteiger partial charge in [-0.2, -0.15) is 0 Å². The van der Waals surface area contributed by atoms with Crippen molar-refractivity contribution in [2.45, 2.75) is 18.9 Å². The zero-order chi connectivity index (χ0) is 14.5. The predicted molar refractivity (Wildman–Crippen MR) is 72.4 cm³/mol. The maximum Gasteiger partial charge on any atom is 0.269 e. The molecule has 1 saturated heterocycles. The first-order valence-electron chi connectivity index (χ1n) is 6.48. The van der Waals surface area contributed by atoms with Crippen LogP contribution in [0.25, 0.3) is 0 Å². The molecule has 0 saturated carbocycles. The number of rotatable bonds is 6. The molecule has 0 spiro atoms. The highest BCUT2D eigenvalue weighted by Gasteiger charge is 2.28. The molecule has 0 bridgehead atoms. The van der Waals surface area contributed by atoms with E-state index in [1.54, 1.807) is 12.1 Å². The summed E-state index contributed by atoms with van der Waals surface area (Å²) in [5.41, 5.74) is 5.36. The van der Waals surface area contributed by atoms with Crippen molar-refractivity contribution in [3.63, 3.8) is 0 Å². The molecule has 1 aromatic carbocycles. The highest BCUT2D eigenvalue weighted by Crippen LogP contribution is 2.19. The van der Waals surface area contributed by atoms with E-state index < -0.39 is 4.92 Å². The molecule has 1 amide bonds. The van der Waals surface area contributed by atoms with Crippen LogP contribution in [0.15, 0.2) is 24.3 Å².